The minimum absolute atomic E-state index is 0.478. The zero-order chi connectivity index (χ0) is 14.7. The van der Waals surface area contributed by atoms with E-state index in [1.807, 2.05) is 24.3 Å². The molecule has 1 saturated heterocycles. The SMILES string of the molecule is CC(CNc1c(C#N)cnc2ccccc12)N1CCCC1. The third-order valence-corrected chi connectivity index (χ3v) is 4.23. The summed E-state index contributed by atoms with van der Waals surface area (Å²) in [5, 5.41) is 13.8. The third-order valence-electron chi connectivity index (χ3n) is 4.23. The van der Waals surface area contributed by atoms with Crippen molar-refractivity contribution in [3.63, 3.8) is 0 Å². The lowest BCUT2D eigenvalue weighted by Gasteiger charge is -2.24. The van der Waals surface area contributed by atoms with Gasteiger partial charge in [-0.2, -0.15) is 5.26 Å². The average Bonchev–Trinajstić information content (AvgIpc) is 3.06. The van der Waals surface area contributed by atoms with Crippen molar-refractivity contribution in [2.75, 3.05) is 25.0 Å². The van der Waals surface area contributed by atoms with E-state index in [0.717, 1.165) is 23.1 Å². The first kappa shape index (κ1) is 13.8. The Morgan fingerprint density at radius 3 is 2.86 bits per heavy atom. The first-order valence-electron chi connectivity index (χ1n) is 7.55. The minimum Gasteiger partial charge on any atom is -0.382 e. The summed E-state index contributed by atoms with van der Waals surface area (Å²) in [4.78, 5) is 6.85. The predicted octanol–water partition coefficient (Wildman–Crippen LogP) is 3.00. The first-order chi connectivity index (χ1) is 10.3. The van der Waals surface area contributed by atoms with Gasteiger partial charge in [0.1, 0.15) is 6.07 Å². The van der Waals surface area contributed by atoms with E-state index in [1.165, 1.54) is 25.9 Å². The van der Waals surface area contributed by atoms with Gasteiger partial charge in [0.05, 0.1) is 16.8 Å². The van der Waals surface area contributed by atoms with Crippen LogP contribution < -0.4 is 5.32 Å². The Morgan fingerprint density at radius 1 is 1.33 bits per heavy atom. The van der Waals surface area contributed by atoms with Crippen molar-refractivity contribution in [3.05, 3.63) is 36.0 Å². The van der Waals surface area contributed by atoms with E-state index < -0.39 is 0 Å². The highest BCUT2D eigenvalue weighted by atomic mass is 15.2. The lowest BCUT2D eigenvalue weighted by molar-refractivity contribution is 0.269. The van der Waals surface area contributed by atoms with E-state index in [1.54, 1.807) is 6.20 Å². The quantitative estimate of drug-likeness (QED) is 0.935. The zero-order valence-electron chi connectivity index (χ0n) is 12.3. The maximum Gasteiger partial charge on any atom is 0.103 e. The Hall–Kier alpha value is -2.12. The molecule has 2 heterocycles. The molecule has 4 nitrogen and oxygen atoms in total. The molecule has 1 fully saturated rings. The Balaban J connectivity index is 1.83. The summed E-state index contributed by atoms with van der Waals surface area (Å²) in [5.41, 5.74) is 2.45. The van der Waals surface area contributed by atoms with Gasteiger partial charge in [-0.1, -0.05) is 18.2 Å². The molecule has 1 atom stereocenters. The van der Waals surface area contributed by atoms with Crippen LogP contribution in [0.15, 0.2) is 30.5 Å². The topological polar surface area (TPSA) is 52.0 Å². The number of rotatable bonds is 4. The number of hydrogen-bond donors (Lipinski definition) is 1. The van der Waals surface area contributed by atoms with Crippen molar-refractivity contribution in [2.24, 2.45) is 0 Å². The van der Waals surface area contributed by atoms with Gasteiger partial charge in [-0.15, -0.1) is 0 Å². The molecule has 1 aromatic carbocycles. The summed E-state index contributed by atoms with van der Waals surface area (Å²) in [6.45, 7) is 5.46. The van der Waals surface area contributed by atoms with E-state index in [0.29, 0.717) is 11.6 Å². The van der Waals surface area contributed by atoms with Crippen LogP contribution in [0.1, 0.15) is 25.3 Å². The highest BCUT2D eigenvalue weighted by Crippen LogP contribution is 2.25. The van der Waals surface area contributed by atoms with Crippen LogP contribution in [-0.4, -0.2) is 35.6 Å². The van der Waals surface area contributed by atoms with Crippen LogP contribution in [0.3, 0.4) is 0 Å². The molecule has 108 valence electrons. The second kappa shape index (κ2) is 6.11. The fourth-order valence-electron chi connectivity index (χ4n) is 2.98. The molecule has 0 bridgehead atoms. The van der Waals surface area contributed by atoms with Crippen molar-refractivity contribution in [3.8, 4) is 6.07 Å². The summed E-state index contributed by atoms with van der Waals surface area (Å²) < 4.78 is 0. The maximum atomic E-state index is 9.31. The molecule has 1 aromatic heterocycles. The molecular weight excluding hydrogens is 260 g/mol. The standard InChI is InChI=1S/C17H20N4/c1-13(21-8-4-5-9-21)11-20-17-14(10-18)12-19-16-7-3-2-6-15(16)17/h2-3,6-7,12-13H,4-5,8-9,11H2,1H3,(H,19,20). The second-order valence-corrected chi connectivity index (χ2v) is 5.65. The van der Waals surface area contributed by atoms with Gasteiger partial charge >= 0.3 is 0 Å². The molecule has 0 aliphatic carbocycles. The fourth-order valence-corrected chi connectivity index (χ4v) is 2.98. The van der Waals surface area contributed by atoms with Gasteiger partial charge in [0.2, 0.25) is 0 Å². The predicted molar refractivity (Wildman–Crippen MR) is 85.2 cm³/mol. The van der Waals surface area contributed by atoms with E-state index in [-0.39, 0.29) is 0 Å². The number of pyridine rings is 1. The Labute approximate surface area is 125 Å². The molecule has 0 spiro atoms. The highest BCUT2D eigenvalue weighted by Gasteiger charge is 2.18. The van der Waals surface area contributed by atoms with Gasteiger partial charge in [-0.05, 0) is 38.9 Å². The van der Waals surface area contributed by atoms with Gasteiger partial charge in [-0.25, -0.2) is 0 Å². The van der Waals surface area contributed by atoms with E-state index in [2.05, 4.69) is 28.2 Å². The largest absolute Gasteiger partial charge is 0.382 e. The number of nitrogens with one attached hydrogen (secondary N) is 1. The second-order valence-electron chi connectivity index (χ2n) is 5.65. The highest BCUT2D eigenvalue weighted by molar-refractivity contribution is 5.93. The number of aromatic nitrogens is 1. The molecule has 3 rings (SSSR count). The zero-order valence-corrected chi connectivity index (χ0v) is 12.3. The van der Waals surface area contributed by atoms with Crippen LogP contribution in [0, 0.1) is 11.3 Å². The number of nitriles is 1. The fraction of sp³-hybridized carbons (Fsp3) is 0.412. The Kier molecular flexibility index (Phi) is 4.03. The van der Waals surface area contributed by atoms with Crippen molar-refractivity contribution in [1.82, 2.24) is 9.88 Å². The molecule has 1 unspecified atom stereocenters. The van der Waals surface area contributed by atoms with Crippen molar-refractivity contribution in [1.29, 1.82) is 5.26 Å². The van der Waals surface area contributed by atoms with Gasteiger partial charge in [-0.3, -0.25) is 9.88 Å². The smallest absolute Gasteiger partial charge is 0.103 e. The van der Waals surface area contributed by atoms with Crippen molar-refractivity contribution < 1.29 is 0 Å². The van der Waals surface area contributed by atoms with Gasteiger partial charge in [0.25, 0.3) is 0 Å². The molecule has 0 amide bonds. The van der Waals surface area contributed by atoms with Crippen LogP contribution in [-0.2, 0) is 0 Å². The lowest BCUT2D eigenvalue weighted by Crippen LogP contribution is -2.35. The summed E-state index contributed by atoms with van der Waals surface area (Å²) in [6.07, 6.45) is 4.25. The van der Waals surface area contributed by atoms with Gasteiger partial charge in [0, 0.05) is 24.2 Å². The first-order valence-corrected chi connectivity index (χ1v) is 7.55. The monoisotopic (exact) mass is 280 g/mol. The average molecular weight is 280 g/mol. The summed E-state index contributed by atoms with van der Waals surface area (Å²) in [6, 6.07) is 10.7. The van der Waals surface area contributed by atoms with Crippen LogP contribution in [0.5, 0.6) is 0 Å². The molecule has 1 aliphatic rings. The molecule has 0 saturated carbocycles. The lowest BCUT2D eigenvalue weighted by atomic mass is 10.1. The van der Waals surface area contributed by atoms with E-state index in [9.17, 15) is 5.26 Å². The van der Waals surface area contributed by atoms with E-state index in [4.69, 9.17) is 0 Å². The molecular formula is C17H20N4. The van der Waals surface area contributed by atoms with Gasteiger partial charge < -0.3 is 5.32 Å². The van der Waals surface area contributed by atoms with Crippen LogP contribution in [0.2, 0.25) is 0 Å². The Bertz CT molecular complexity index is 668. The molecule has 0 radical (unpaired) electrons. The number of para-hydroxylation sites is 1. The van der Waals surface area contributed by atoms with E-state index >= 15 is 0 Å². The van der Waals surface area contributed by atoms with Gasteiger partial charge in [0.15, 0.2) is 0 Å². The number of nitrogens with zero attached hydrogens (tertiary/aromatic N) is 3. The van der Waals surface area contributed by atoms with Crippen LogP contribution in [0.4, 0.5) is 5.69 Å². The van der Waals surface area contributed by atoms with Crippen LogP contribution >= 0.6 is 0 Å². The van der Waals surface area contributed by atoms with Crippen molar-refractivity contribution in [2.45, 2.75) is 25.8 Å². The van der Waals surface area contributed by atoms with Crippen molar-refractivity contribution >= 4 is 16.6 Å². The molecule has 1 N–H and O–H groups in total. The minimum atomic E-state index is 0.478. The maximum absolute atomic E-state index is 9.31. The van der Waals surface area contributed by atoms with Crippen LogP contribution in [0.25, 0.3) is 10.9 Å². The number of hydrogen-bond acceptors (Lipinski definition) is 4. The molecule has 2 aromatic rings. The summed E-state index contributed by atoms with van der Waals surface area (Å²) in [7, 11) is 0. The molecule has 21 heavy (non-hydrogen) atoms. The number of likely N-dealkylation sites (tertiary alicyclic amines) is 1. The number of benzene rings is 1. The summed E-state index contributed by atoms with van der Waals surface area (Å²) in [5.74, 6) is 0. The number of anilines is 1. The molecule has 4 heteroatoms. The third kappa shape index (κ3) is 2.84. The normalized spacial score (nSPS) is 16.8. The summed E-state index contributed by atoms with van der Waals surface area (Å²) >= 11 is 0. The number of fused-ring (bicyclic) bond motifs is 1. The molecule has 1 aliphatic heterocycles. The Morgan fingerprint density at radius 2 is 2.10 bits per heavy atom.